The average molecular weight is 824 g/mol. The third kappa shape index (κ3) is 38.2. The number of carboxylic acid groups (broad SMARTS) is 1. The lowest BCUT2D eigenvalue weighted by Gasteiger charge is -2.20. The van der Waals surface area contributed by atoms with Gasteiger partial charge in [-0.1, -0.05) is 132 Å². The summed E-state index contributed by atoms with van der Waals surface area (Å²) < 4.78 is 32.5. The van der Waals surface area contributed by atoms with E-state index in [1.807, 2.05) is 12.2 Å². The summed E-state index contributed by atoms with van der Waals surface area (Å²) in [5, 5.41) is 19.1. The van der Waals surface area contributed by atoms with Crippen molar-refractivity contribution in [3.63, 3.8) is 0 Å². The summed E-state index contributed by atoms with van der Waals surface area (Å²) in [4.78, 5) is 45.9. The SMILES string of the molecule is CCCCC/C=C\C/C=C\C/C=C\C=C\[C@@H](O)CCCC(=O)OC[C@H](COP(=O)(O)OC[C@H](N)C(=O)O)OC(=O)CCCCCCC/C=C\C/C=C\CCCCC. The van der Waals surface area contributed by atoms with Gasteiger partial charge >= 0.3 is 25.7 Å². The van der Waals surface area contributed by atoms with E-state index in [1.165, 1.54) is 38.5 Å². The molecule has 326 valence electrons. The van der Waals surface area contributed by atoms with E-state index in [4.69, 9.17) is 24.8 Å². The normalized spacial score (nSPS) is 15.0. The molecule has 0 aromatic rings. The van der Waals surface area contributed by atoms with Crippen molar-refractivity contribution in [2.24, 2.45) is 5.73 Å². The highest BCUT2D eigenvalue weighted by molar-refractivity contribution is 7.47. The van der Waals surface area contributed by atoms with Crippen LogP contribution in [-0.4, -0.2) is 71.1 Å². The van der Waals surface area contributed by atoms with Gasteiger partial charge in [0.25, 0.3) is 0 Å². The smallest absolute Gasteiger partial charge is 0.472 e. The number of unbranched alkanes of at least 4 members (excludes halogenated alkanes) is 11. The fraction of sp³-hybridized carbons (Fsp3) is 0.659. The minimum Gasteiger partial charge on any atom is -0.480 e. The molecule has 0 heterocycles. The fourth-order valence-electron chi connectivity index (χ4n) is 5.14. The second kappa shape index (κ2) is 38.4. The Morgan fingerprint density at radius 2 is 1.14 bits per heavy atom. The molecule has 0 bridgehead atoms. The molecular formula is C44H74NO11P. The molecule has 0 saturated carbocycles. The number of hydrogen-bond donors (Lipinski definition) is 4. The summed E-state index contributed by atoms with van der Waals surface area (Å²) in [7, 11) is -4.77. The molecule has 0 amide bonds. The average Bonchev–Trinajstić information content (AvgIpc) is 3.18. The summed E-state index contributed by atoms with van der Waals surface area (Å²) in [6, 6.07) is -1.55. The summed E-state index contributed by atoms with van der Waals surface area (Å²) >= 11 is 0. The van der Waals surface area contributed by atoms with Crippen LogP contribution in [0.25, 0.3) is 0 Å². The lowest BCUT2D eigenvalue weighted by atomic mass is 10.1. The second-order valence-electron chi connectivity index (χ2n) is 14.0. The van der Waals surface area contributed by atoms with E-state index >= 15 is 0 Å². The molecule has 12 nitrogen and oxygen atoms in total. The van der Waals surface area contributed by atoms with Crippen molar-refractivity contribution < 1.29 is 52.6 Å². The number of nitrogens with two attached hydrogens (primary N) is 1. The quantitative estimate of drug-likeness (QED) is 0.0152. The Hall–Kier alpha value is -3.12. The van der Waals surface area contributed by atoms with E-state index < -0.39 is 63.8 Å². The summed E-state index contributed by atoms with van der Waals surface area (Å²) in [6.07, 6.45) is 41.4. The van der Waals surface area contributed by atoms with Crippen LogP contribution in [0.1, 0.15) is 149 Å². The Morgan fingerprint density at radius 3 is 1.74 bits per heavy atom. The van der Waals surface area contributed by atoms with Gasteiger partial charge in [-0.05, 0) is 77.0 Å². The van der Waals surface area contributed by atoms with Gasteiger partial charge < -0.3 is 30.3 Å². The number of aliphatic carboxylic acids is 1. The number of ether oxygens (including phenoxy) is 2. The van der Waals surface area contributed by atoms with Gasteiger partial charge in [0.05, 0.1) is 19.3 Å². The molecule has 0 saturated heterocycles. The number of carboxylic acids is 1. The third-order valence-electron chi connectivity index (χ3n) is 8.53. The van der Waals surface area contributed by atoms with Gasteiger partial charge in [0.1, 0.15) is 12.6 Å². The Balaban J connectivity index is 4.62. The first kappa shape index (κ1) is 53.9. The van der Waals surface area contributed by atoms with Gasteiger partial charge in [-0.25, -0.2) is 4.57 Å². The van der Waals surface area contributed by atoms with Crippen LogP contribution in [0.15, 0.2) is 72.9 Å². The highest BCUT2D eigenvalue weighted by Crippen LogP contribution is 2.43. The van der Waals surface area contributed by atoms with E-state index in [9.17, 15) is 28.9 Å². The van der Waals surface area contributed by atoms with Crippen molar-refractivity contribution in [2.45, 2.75) is 167 Å². The maximum absolute atomic E-state index is 12.6. The largest absolute Gasteiger partial charge is 0.480 e. The molecule has 0 rings (SSSR count). The molecule has 0 aromatic heterocycles. The van der Waals surface area contributed by atoms with Crippen LogP contribution >= 0.6 is 7.82 Å². The van der Waals surface area contributed by atoms with Crippen LogP contribution in [0.4, 0.5) is 0 Å². The summed E-state index contributed by atoms with van der Waals surface area (Å²) in [5.74, 6) is -2.63. The number of rotatable bonds is 38. The molecule has 13 heteroatoms. The molecule has 0 fully saturated rings. The van der Waals surface area contributed by atoms with Gasteiger partial charge in [-0.15, -0.1) is 0 Å². The van der Waals surface area contributed by atoms with Gasteiger partial charge in [0.2, 0.25) is 0 Å². The Bertz CT molecular complexity index is 1260. The maximum Gasteiger partial charge on any atom is 0.472 e. The number of phosphoric acid groups is 1. The third-order valence-corrected chi connectivity index (χ3v) is 9.48. The van der Waals surface area contributed by atoms with Crippen molar-refractivity contribution in [1.82, 2.24) is 0 Å². The van der Waals surface area contributed by atoms with Gasteiger partial charge in [0, 0.05) is 12.8 Å². The van der Waals surface area contributed by atoms with Gasteiger partial charge in [-0.3, -0.25) is 23.4 Å². The number of phosphoric ester groups is 1. The zero-order chi connectivity index (χ0) is 42.2. The van der Waals surface area contributed by atoms with Crippen molar-refractivity contribution in [2.75, 3.05) is 19.8 Å². The zero-order valence-corrected chi connectivity index (χ0v) is 35.7. The lowest BCUT2D eigenvalue weighted by molar-refractivity contribution is -0.161. The molecule has 0 aliphatic heterocycles. The maximum atomic E-state index is 12.6. The van der Waals surface area contributed by atoms with Gasteiger partial charge in [0.15, 0.2) is 6.10 Å². The van der Waals surface area contributed by atoms with E-state index in [-0.39, 0.29) is 12.8 Å². The number of allylic oxidation sites excluding steroid dienone is 11. The number of aliphatic hydroxyl groups excluding tert-OH is 1. The van der Waals surface area contributed by atoms with Crippen LogP contribution in [0, 0.1) is 0 Å². The molecule has 0 aliphatic rings. The van der Waals surface area contributed by atoms with Crippen LogP contribution in [0.2, 0.25) is 0 Å². The van der Waals surface area contributed by atoms with Crippen LogP contribution in [-0.2, 0) is 37.5 Å². The van der Waals surface area contributed by atoms with Crippen molar-refractivity contribution in [3.05, 3.63) is 72.9 Å². The lowest BCUT2D eigenvalue weighted by Crippen LogP contribution is -2.34. The molecule has 0 aliphatic carbocycles. The van der Waals surface area contributed by atoms with Crippen LogP contribution in [0.5, 0.6) is 0 Å². The van der Waals surface area contributed by atoms with Crippen molar-refractivity contribution >= 4 is 25.7 Å². The second-order valence-corrected chi connectivity index (χ2v) is 15.4. The zero-order valence-electron chi connectivity index (χ0n) is 34.8. The van der Waals surface area contributed by atoms with Crippen molar-refractivity contribution in [1.29, 1.82) is 0 Å². The standard InChI is InChI=1S/C44H74NO11P/c1-3-5-7-9-11-13-15-17-18-20-22-24-26-28-30-34-43(48)56-40(37-54-57(51,52)55-38-41(45)44(49)50)36-53-42(47)35-31-33-39(46)32-29-27-25-23-21-19-16-14-12-10-8-6-4-2/h11-14,17-19,21,25,27,29,32,39-41,46H,3-10,15-16,20,22-24,26,28,30-31,33-38,45H2,1-2H3,(H,49,50)(H,51,52)/b13-11-,14-12-,18-17-,21-19-,27-25-,32-29+/t39-,40-,41+/m1/s1. The van der Waals surface area contributed by atoms with Crippen LogP contribution < -0.4 is 5.73 Å². The Morgan fingerprint density at radius 1 is 0.632 bits per heavy atom. The van der Waals surface area contributed by atoms with Crippen molar-refractivity contribution in [3.8, 4) is 0 Å². The Kier molecular flexibility index (Phi) is 36.3. The van der Waals surface area contributed by atoms with E-state index in [1.54, 1.807) is 12.2 Å². The number of hydrogen-bond acceptors (Lipinski definition) is 10. The number of carbonyl (C=O) groups excluding carboxylic acids is 2. The van der Waals surface area contributed by atoms with Crippen LogP contribution in [0.3, 0.4) is 0 Å². The molecule has 4 atom stereocenters. The molecule has 0 spiro atoms. The minimum atomic E-state index is -4.77. The Labute approximate surface area is 343 Å². The molecule has 57 heavy (non-hydrogen) atoms. The topological polar surface area (TPSA) is 192 Å². The fourth-order valence-corrected chi connectivity index (χ4v) is 5.92. The number of esters is 2. The number of carbonyl (C=O) groups is 3. The predicted octanol–water partition coefficient (Wildman–Crippen LogP) is 9.92. The molecule has 5 N–H and O–H groups in total. The molecule has 1 unspecified atom stereocenters. The first-order valence-electron chi connectivity index (χ1n) is 21.1. The monoisotopic (exact) mass is 823 g/mol. The first-order valence-corrected chi connectivity index (χ1v) is 22.6. The summed E-state index contributed by atoms with van der Waals surface area (Å²) in [6.45, 7) is 2.51. The number of aliphatic hydroxyl groups is 1. The highest BCUT2D eigenvalue weighted by atomic mass is 31.2. The minimum absolute atomic E-state index is 0.0131. The van der Waals surface area contributed by atoms with E-state index in [0.717, 1.165) is 64.2 Å². The highest BCUT2D eigenvalue weighted by Gasteiger charge is 2.28. The van der Waals surface area contributed by atoms with Gasteiger partial charge in [-0.2, -0.15) is 0 Å². The predicted molar refractivity (Wildman–Crippen MR) is 227 cm³/mol. The first-order chi connectivity index (χ1) is 27.5. The molecular weight excluding hydrogens is 749 g/mol. The van der Waals surface area contributed by atoms with E-state index in [0.29, 0.717) is 19.3 Å². The molecule has 0 aromatic carbocycles. The summed E-state index contributed by atoms with van der Waals surface area (Å²) in [5.41, 5.74) is 5.32. The molecule has 0 radical (unpaired) electrons. The van der Waals surface area contributed by atoms with E-state index in [2.05, 4.69) is 67.0 Å².